The highest BCUT2D eigenvalue weighted by molar-refractivity contribution is 7.92. The first-order chi connectivity index (χ1) is 24.4. The number of pyridine rings is 1. The van der Waals surface area contributed by atoms with Crippen molar-refractivity contribution in [1.29, 1.82) is 0 Å². The lowest BCUT2D eigenvalue weighted by Gasteiger charge is -2.12. The van der Waals surface area contributed by atoms with Gasteiger partial charge in [-0.25, -0.2) is 23.0 Å². The van der Waals surface area contributed by atoms with Crippen LogP contribution in [0.2, 0.25) is 0 Å². The van der Waals surface area contributed by atoms with E-state index in [9.17, 15) is 37.2 Å². The lowest BCUT2D eigenvalue weighted by molar-refractivity contribution is -0.200. The minimum Gasteiger partial charge on any atom is -0.482 e. The second-order valence-electron chi connectivity index (χ2n) is 10.2. The highest BCUT2D eigenvalue weighted by Crippen LogP contribution is 2.19. The van der Waals surface area contributed by atoms with Crippen molar-refractivity contribution < 1.29 is 70.8 Å². The molecule has 0 aliphatic carbocycles. The van der Waals surface area contributed by atoms with Gasteiger partial charge in [-0.05, 0) is 36.4 Å². The molecule has 1 aliphatic rings. The second kappa shape index (κ2) is 21.1. The summed E-state index contributed by atoms with van der Waals surface area (Å²) in [5.41, 5.74) is 0.181. The van der Waals surface area contributed by atoms with E-state index in [-0.39, 0.29) is 100 Å². The van der Waals surface area contributed by atoms with Gasteiger partial charge in [0, 0.05) is 32.1 Å². The van der Waals surface area contributed by atoms with Crippen LogP contribution in [0.15, 0.2) is 47.5 Å². The van der Waals surface area contributed by atoms with Crippen LogP contribution < -0.4 is 20.1 Å². The van der Waals surface area contributed by atoms with E-state index in [1.807, 2.05) is 0 Å². The number of benzene rings is 1. The Kier molecular flexibility index (Phi) is 16.6. The minimum absolute atomic E-state index is 0.00176. The number of hydroxylamine groups is 2. The van der Waals surface area contributed by atoms with Crippen LogP contribution >= 0.6 is 0 Å². The number of carbonyl (C=O) groups is 6. The molecule has 3 rings (SSSR count). The molecule has 4 N–H and O–H groups in total. The van der Waals surface area contributed by atoms with Crippen molar-refractivity contribution in [3.63, 3.8) is 0 Å². The number of nitrogens with zero attached hydrogens (tertiary/aromatic N) is 2. The van der Waals surface area contributed by atoms with Crippen LogP contribution in [0.4, 0.5) is 5.82 Å². The molecule has 0 saturated carbocycles. The van der Waals surface area contributed by atoms with Gasteiger partial charge < -0.3 is 44.3 Å². The smallest absolute Gasteiger partial charge is 0.358 e. The van der Waals surface area contributed by atoms with Gasteiger partial charge in [-0.3, -0.25) is 23.9 Å². The summed E-state index contributed by atoms with van der Waals surface area (Å²) in [5, 5.41) is 14.3. The van der Waals surface area contributed by atoms with E-state index in [0.717, 1.165) is 0 Å². The quantitative estimate of drug-likeness (QED) is 0.0733. The summed E-state index contributed by atoms with van der Waals surface area (Å²) in [6, 6.07) is 7.83. The van der Waals surface area contributed by atoms with Crippen molar-refractivity contribution in [2.75, 3.05) is 77.3 Å². The summed E-state index contributed by atoms with van der Waals surface area (Å²) in [5.74, 6) is -3.89. The predicted molar refractivity (Wildman–Crippen MR) is 170 cm³/mol. The molecule has 21 heteroatoms. The highest BCUT2D eigenvalue weighted by Gasteiger charge is 2.32. The third kappa shape index (κ3) is 15.1. The zero-order chi connectivity index (χ0) is 37.1. The number of ether oxygens (including phenoxy) is 5. The Hall–Kier alpha value is -5.22. The molecule has 2 heterocycles. The number of amides is 4. The zero-order valence-corrected chi connectivity index (χ0v) is 28.0. The molecule has 1 fully saturated rings. The number of nitrogens with one attached hydrogen (secondary N) is 3. The maximum atomic E-state index is 12.6. The summed E-state index contributed by atoms with van der Waals surface area (Å²) in [7, 11) is -4.01. The summed E-state index contributed by atoms with van der Waals surface area (Å²) in [4.78, 5) is 77.6. The monoisotopic (exact) mass is 739 g/mol. The molecule has 0 unspecified atom stereocenters. The fourth-order valence-corrected chi connectivity index (χ4v) is 4.85. The maximum absolute atomic E-state index is 12.6. The largest absolute Gasteiger partial charge is 0.482 e. The van der Waals surface area contributed by atoms with E-state index in [0.29, 0.717) is 5.06 Å². The zero-order valence-electron chi connectivity index (χ0n) is 27.2. The topological polar surface area (TPSA) is 264 Å². The Labute approximate surface area is 291 Å². The lowest BCUT2D eigenvalue weighted by Crippen LogP contribution is -2.33. The van der Waals surface area contributed by atoms with Crippen LogP contribution in [0, 0.1) is 0 Å². The number of imide groups is 1. The van der Waals surface area contributed by atoms with Crippen molar-refractivity contribution in [1.82, 2.24) is 20.7 Å². The van der Waals surface area contributed by atoms with Gasteiger partial charge in [0.05, 0.1) is 50.1 Å². The highest BCUT2D eigenvalue weighted by atomic mass is 32.2. The van der Waals surface area contributed by atoms with Gasteiger partial charge in [0.1, 0.15) is 24.8 Å². The normalized spacial score (nSPS) is 12.7. The Morgan fingerprint density at radius 1 is 0.765 bits per heavy atom. The van der Waals surface area contributed by atoms with Crippen molar-refractivity contribution >= 4 is 51.4 Å². The molecule has 4 amide bonds. The average Bonchev–Trinajstić information content (AvgIpc) is 3.41. The number of rotatable bonds is 24. The molecule has 0 bridgehead atoms. The number of hydrogen-bond donors (Lipinski definition) is 4. The third-order valence-corrected chi connectivity index (χ3v) is 7.63. The molecule has 2 aromatic rings. The van der Waals surface area contributed by atoms with Gasteiger partial charge in [-0.2, -0.15) is 0 Å². The first-order valence-electron chi connectivity index (χ1n) is 15.3. The molecule has 20 nitrogen and oxygen atoms in total. The van der Waals surface area contributed by atoms with Crippen molar-refractivity contribution in [2.45, 2.75) is 17.7 Å². The van der Waals surface area contributed by atoms with Crippen LogP contribution in [0.25, 0.3) is 0 Å². The SMILES string of the molecule is O=C(O)COc1ccc(S(=O)(=O)Nc2ccc(C(=O)NCCOCCOCC(=O)NCCOCCOCC(=O)ON3C(=O)CCC3=O)cn2)cc1. The van der Waals surface area contributed by atoms with Crippen molar-refractivity contribution in [3.8, 4) is 5.75 Å². The maximum Gasteiger partial charge on any atom is 0.358 e. The molecule has 1 aliphatic heterocycles. The van der Waals surface area contributed by atoms with Gasteiger partial charge >= 0.3 is 11.9 Å². The van der Waals surface area contributed by atoms with Gasteiger partial charge in [0.2, 0.25) is 5.91 Å². The van der Waals surface area contributed by atoms with Gasteiger partial charge in [0.25, 0.3) is 27.7 Å². The molecule has 0 radical (unpaired) electrons. The second-order valence-corrected chi connectivity index (χ2v) is 11.9. The summed E-state index contributed by atoms with van der Waals surface area (Å²) in [6.07, 6.45) is 1.20. The predicted octanol–water partition coefficient (Wildman–Crippen LogP) is -1.13. The molecular weight excluding hydrogens is 702 g/mol. The van der Waals surface area contributed by atoms with Crippen molar-refractivity contribution in [2.24, 2.45) is 0 Å². The molecular formula is C30H37N5O15S. The van der Waals surface area contributed by atoms with Crippen LogP contribution in [-0.4, -0.2) is 132 Å². The third-order valence-electron chi connectivity index (χ3n) is 6.26. The molecule has 0 spiro atoms. The first-order valence-corrected chi connectivity index (χ1v) is 16.8. The number of sulfonamides is 1. The number of carbonyl (C=O) groups excluding carboxylic acids is 5. The molecule has 278 valence electrons. The molecule has 1 aromatic carbocycles. The lowest BCUT2D eigenvalue weighted by atomic mass is 10.2. The summed E-state index contributed by atoms with van der Waals surface area (Å²) < 4.78 is 53.4. The van der Waals surface area contributed by atoms with Gasteiger partial charge in [-0.1, -0.05) is 0 Å². The molecule has 1 aromatic heterocycles. The van der Waals surface area contributed by atoms with Gasteiger partial charge in [0.15, 0.2) is 6.61 Å². The van der Waals surface area contributed by atoms with E-state index in [2.05, 4.69) is 25.2 Å². The van der Waals surface area contributed by atoms with E-state index < -0.39 is 52.9 Å². The summed E-state index contributed by atoms with van der Waals surface area (Å²) in [6.45, 7) is -0.0720. The standard InChI is InChI=1S/C30H37N5O15S/c36-25(31-9-11-45-14-16-48-20-29(41)50-35-26(37)7-8-27(35)38)18-47-15-13-46-12-10-32-30(42)21-1-6-24(33-17-21)34-51(43,44)23-4-2-22(3-5-23)49-19-28(39)40/h1-6,17H,7-16,18-20H2,(H,31,36)(H,32,42)(H,33,34)(H,39,40). The van der Waals surface area contributed by atoms with Crippen LogP contribution in [-0.2, 0) is 57.8 Å². The fourth-order valence-electron chi connectivity index (χ4n) is 3.84. The molecule has 51 heavy (non-hydrogen) atoms. The Balaban J connectivity index is 1.15. The number of aliphatic carboxylic acids is 1. The number of carboxylic acids is 1. The number of aromatic nitrogens is 1. The Morgan fingerprint density at radius 2 is 1.37 bits per heavy atom. The minimum atomic E-state index is -4.01. The van der Waals surface area contributed by atoms with E-state index in [4.69, 9.17) is 28.8 Å². The Morgan fingerprint density at radius 3 is 1.98 bits per heavy atom. The fraction of sp³-hybridized carbons (Fsp3) is 0.433. The van der Waals surface area contributed by atoms with E-state index in [1.54, 1.807) is 0 Å². The van der Waals surface area contributed by atoms with Gasteiger partial charge in [-0.15, -0.1) is 5.06 Å². The van der Waals surface area contributed by atoms with Crippen LogP contribution in [0.3, 0.4) is 0 Å². The van der Waals surface area contributed by atoms with E-state index >= 15 is 0 Å². The van der Waals surface area contributed by atoms with E-state index in [1.165, 1.54) is 42.6 Å². The first kappa shape index (κ1) is 40.2. The summed E-state index contributed by atoms with van der Waals surface area (Å²) >= 11 is 0. The number of anilines is 1. The molecule has 1 saturated heterocycles. The molecule has 0 atom stereocenters. The van der Waals surface area contributed by atoms with Crippen LogP contribution in [0.1, 0.15) is 23.2 Å². The number of hydrogen-bond acceptors (Lipinski definition) is 15. The van der Waals surface area contributed by atoms with Crippen molar-refractivity contribution in [3.05, 3.63) is 48.2 Å². The average molecular weight is 740 g/mol. The van der Waals surface area contributed by atoms with Crippen LogP contribution in [0.5, 0.6) is 5.75 Å². The Bertz CT molecular complexity index is 1590. The number of carboxylic acid groups (broad SMARTS) is 1.